The second-order valence-corrected chi connectivity index (χ2v) is 7.18. The minimum atomic E-state index is -1.20. The average Bonchev–Trinajstić information content (AvgIpc) is 2.60. The van der Waals surface area contributed by atoms with Gasteiger partial charge in [0, 0.05) is 6.42 Å². The van der Waals surface area contributed by atoms with Crippen LogP contribution in [0.1, 0.15) is 33.1 Å². The molecule has 0 heterocycles. The molecule has 12 heteroatoms. The summed E-state index contributed by atoms with van der Waals surface area (Å²) < 4.78 is 0. The predicted molar refractivity (Wildman–Crippen MR) is 103 cm³/mol. The molecule has 0 aromatic rings. The van der Waals surface area contributed by atoms with Gasteiger partial charge < -0.3 is 31.9 Å². The third kappa shape index (κ3) is 10.1. The van der Waals surface area contributed by atoms with Gasteiger partial charge in [-0.05, 0) is 38.7 Å². The molecule has 0 rings (SSSR count). The minimum Gasteiger partial charge on any atom is -0.481 e. The van der Waals surface area contributed by atoms with Crippen LogP contribution in [0.25, 0.3) is 0 Å². The fourth-order valence-electron chi connectivity index (χ4n) is 2.01. The lowest BCUT2D eigenvalue weighted by Gasteiger charge is -2.22. The Balaban J connectivity index is 4.95. The van der Waals surface area contributed by atoms with Crippen LogP contribution in [-0.2, 0) is 24.0 Å². The second kappa shape index (κ2) is 12.9. The number of carboxylic acid groups (broad SMARTS) is 2. The Morgan fingerprint density at radius 3 is 1.93 bits per heavy atom. The highest BCUT2D eigenvalue weighted by atomic mass is 32.2. The van der Waals surface area contributed by atoms with Crippen LogP contribution < -0.4 is 21.7 Å². The number of carboxylic acids is 2. The van der Waals surface area contributed by atoms with Crippen molar-refractivity contribution >= 4 is 41.4 Å². The van der Waals surface area contributed by atoms with Gasteiger partial charge in [0.2, 0.25) is 17.7 Å². The van der Waals surface area contributed by atoms with E-state index in [9.17, 15) is 24.0 Å². The topological polar surface area (TPSA) is 188 Å². The number of hydrogen-bond donors (Lipinski definition) is 6. The molecule has 0 aliphatic rings. The van der Waals surface area contributed by atoms with Crippen molar-refractivity contribution in [1.29, 1.82) is 0 Å². The highest BCUT2D eigenvalue weighted by Gasteiger charge is 2.27. The van der Waals surface area contributed by atoms with Crippen LogP contribution in [0.2, 0.25) is 0 Å². The number of nitrogens with one attached hydrogen (secondary N) is 3. The Kier molecular flexibility index (Phi) is 11.9. The van der Waals surface area contributed by atoms with Gasteiger partial charge in [0.1, 0.15) is 18.1 Å². The molecule has 0 aromatic carbocycles. The van der Waals surface area contributed by atoms with E-state index >= 15 is 0 Å². The zero-order valence-corrected chi connectivity index (χ0v) is 16.9. The van der Waals surface area contributed by atoms with Crippen LogP contribution in [0.4, 0.5) is 0 Å². The molecular formula is C16H28N4O7S. The Morgan fingerprint density at radius 2 is 1.46 bits per heavy atom. The molecule has 0 aromatic heterocycles. The van der Waals surface area contributed by atoms with E-state index in [1.807, 2.05) is 0 Å². The maximum absolute atomic E-state index is 12.4. The molecule has 0 aliphatic heterocycles. The molecule has 0 aliphatic carbocycles. The smallest absolute Gasteiger partial charge is 0.326 e. The first kappa shape index (κ1) is 25.7. The Hall–Kier alpha value is -2.34. The van der Waals surface area contributed by atoms with Gasteiger partial charge in [-0.2, -0.15) is 11.8 Å². The molecule has 0 bridgehead atoms. The lowest BCUT2D eigenvalue weighted by molar-refractivity contribution is -0.142. The molecule has 0 unspecified atom stereocenters. The molecule has 3 amide bonds. The monoisotopic (exact) mass is 420 g/mol. The first-order valence-corrected chi connectivity index (χ1v) is 9.99. The van der Waals surface area contributed by atoms with Crippen molar-refractivity contribution in [2.75, 3.05) is 12.0 Å². The van der Waals surface area contributed by atoms with E-state index in [2.05, 4.69) is 16.0 Å². The average molecular weight is 420 g/mol. The summed E-state index contributed by atoms with van der Waals surface area (Å²) in [6.45, 7) is 2.75. The van der Waals surface area contributed by atoms with Crippen LogP contribution in [-0.4, -0.2) is 76.0 Å². The quantitative estimate of drug-likeness (QED) is 0.206. The van der Waals surface area contributed by atoms with E-state index in [0.29, 0.717) is 5.75 Å². The van der Waals surface area contributed by atoms with Crippen LogP contribution in [0, 0.1) is 0 Å². The van der Waals surface area contributed by atoms with Crippen molar-refractivity contribution in [3.63, 3.8) is 0 Å². The highest BCUT2D eigenvalue weighted by molar-refractivity contribution is 7.98. The Bertz CT molecular complexity index is 585. The molecule has 0 spiro atoms. The predicted octanol–water partition coefficient (Wildman–Crippen LogP) is -1.49. The Morgan fingerprint density at radius 1 is 0.893 bits per heavy atom. The summed E-state index contributed by atoms with van der Waals surface area (Å²) in [6, 6.07) is -4.30. The van der Waals surface area contributed by atoms with E-state index in [1.165, 1.54) is 25.6 Å². The number of rotatable bonds is 13. The number of amides is 3. The van der Waals surface area contributed by atoms with Crippen molar-refractivity contribution in [2.45, 2.75) is 57.3 Å². The van der Waals surface area contributed by atoms with Gasteiger partial charge in [0.15, 0.2) is 0 Å². The summed E-state index contributed by atoms with van der Waals surface area (Å²) in [6.07, 6.45) is 1.44. The molecule has 0 fully saturated rings. The minimum absolute atomic E-state index is 0.195. The number of aliphatic carboxylic acids is 2. The molecule has 0 saturated carbocycles. The van der Waals surface area contributed by atoms with E-state index in [-0.39, 0.29) is 19.3 Å². The number of thioether (sulfide) groups is 1. The molecule has 28 heavy (non-hydrogen) atoms. The maximum Gasteiger partial charge on any atom is 0.326 e. The van der Waals surface area contributed by atoms with Crippen LogP contribution >= 0.6 is 11.8 Å². The van der Waals surface area contributed by atoms with Gasteiger partial charge in [-0.1, -0.05) is 0 Å². The van der Waals surface area contributed by atoms with Gasteiger partial charge in [0.05, 0.1) is 6.04 Å². The molecule has 0 radical (unpaired) electrons. The SMILES string of the molecule is CSCC[C@H](NC(=O)[C@H](C)NC(=O)[C@H](CCC(=O)O)NC(=O)[C@H](C)N)C(=O)O. The summed E-state index contributed by atoms with van der Waals surface area (Å²) in [4.78, 5) is 58.2. The van der Waals surface area contributed by atoms with Gasteiger partial charge in [-0.3, -0.25) is 19.2 Å². The first-order chi connectivity index (χ1) is 13.0. The van der Waals surface area contributed by atoms with Crippen LogP contribution in [0.5, 0.6) is 0 Å². The molecule has 7 N–H and O–H groups in total. The molecule has 0 saturated heterocycles. The summed E-state index contributed by atoms with van der Waals surface area (Å²) in [5.74, 6) is -3.95. The van der Waals surface area contributed by atoms with Crippen LogP contribution in [0.3, 0.4) is 0 Å². The van der Waals surface area contributed by atoms with E-state index in [0.717, 1.165) is 0 Å². The first-order valence-electron chi connectivity index (χ1n) is 8.59. The van der Waals surface area contributed by atoms with Crippen molar-refractivity contribution in [2.24, 2.45) is 5.73 Å². The summed E-state index contributed by atoms with van der Waals surface area (Å²) >= 11 is 1.43. The fourth-order valence-corrected chi connectivity index (χ4v) is 2.48. The zero-order chi connectivity index (χ0) is 21.9. The van der Waals surface area contributed by atoms with E-state index < -0.39 is 53.8 Å². The number of hydrogen-bond acceptors (Lipinski definition) is 7. The standard InChI is InChI=1S/C16H28N4O7S/c1-8(17)13(23)19-10(4-5-12(21)22)15(25)18-9(2)14(24)20-11(16(26)27)6-7-28-3/h8-11H,4-7,17H2,1-3H3,(H,18,25)(H,19,23)(H,20,24)(H,21,22)(H,26,27)/t8-,9-,10-,11-/m0/s1. The lowest BCUT2D eigenvalue weighted by atomic mass is 10.1. The molecular weight excluding hydrogens is 392 g/mol. The van der Waals surface area contributed by atoms with Gasteiger partial charge in [-0.15, -0.1) is 0 Å². The summed E-state index contributed by atoms with van der Waals surface area (Å²) in [5.41, 5.74) is 5.43. The largest absolute Gasteiger partial charge is 0.481 e. The molecule has 4 atom stereocenters. The number of carbonyl (C=O) groups excluding carboxylic acids is 3. The fraction of sp³-hybridized carbons (Fsp3) is 0.688. The summed E-state index contributed by atoms with van der Waals surface area (Å²) in [5, 5.41) is 25.0. The summed E-state index contributed by atoms with van der Waals surface area (Å²) in [7, 11) is 0. The number of carbonyl (C=O) groups is 5. The lowest BCUT2D eigenvalue weighted by Crippen LogP contribution is -2.56. The normalized spacial score (nSPS) is 14.9. The van der Waals surface area contributed by atoms with Crippen molar-refractivity contribution in [1.82, 2.24) is 16.0 Å². The van der Waals surface area contributed by atoms with Crippen molar-refractivity contribution in [3.8, 4) is 0 Å². The van der Waals surface area contributed by atoms with Crippen molar-refractivity contribution < 1.29 is 34.2 Å². The van der Waals surface area contributed by atoms with E-state index in [4.69, 9.17) is 15.9 Å². The second-order valence-electron chi connectivity index (χ2n) is 6.19. The van der Waals surface area contributed by atoms with Gasteiger partial charge >= 0.3 is 11.9 Å². The maximum atomic E-state index is 12.4. The highest BCUT2D eigenvalue weighted by Crippen LogP contribution is 2.03. The van der Waals surface area contributed by atoms with Crippen LogP contribution in [0.15, 0.2) is 0 Å². The third-order valence-corrected chi connectivity index (χ3v) is 4.31. The van der Waals surface area contributed by atoms with E-state index in [1.54, 1.807) is 6.26 Å². The Labute approximate surface area is 167 Å². The molecule has 11 nitrogen and oxygen atoms in total. The zero-order valence-electron chi connectivity index (χ0n) is 16.1. The van der Waals surface area contributed by atoms with Gasteiger partial charge in [-0.25, -0.2) is 4.79 Å². The third-order valence-electron chi connectivity index (χ3n) is 3.67. The number of nitrogens with two attached hydrogens (primary N) is 1. The van der Waals surface area contributed by atoms with Gasteiger partial charge in [0.25, 0.3) is 0 Å². The van der Waals surface area contributed by atoms with Crippen molar-refractivity contribution in [3.05, 3.63) is 0 Å². The molecule has 160 valence electrons.